The van der Waals surface area contributed by atoms with Gasteiger partial charge in [-0.1, -0.05) is 0 Å². The summed E-state index contributed by atoms with van der Waals surface area (Å²) in [5, 5.41) is 14.9. The smallest absolute Gasteiger partial charge is 0.123 e. The Hall–Kier alpha value is -0.430. The van der Waals surface area contributed by atoms with Crippen LogP contribution in [0.25, 0.3) is 0 Å². The Kier molecular flexibility index (Phi) is 5.38. The molecule has 2 rings (SSSR count). The maximum absolute atomic E-state index is 10.5. The van der Waals surface area contributed by atoms with Crippen LogP contribution in [0.15, 0.2) is 10.7 Å². The molecule has 5 nitrogen and oxygen atoms in total. The average Bonchev–Trinajstić information content (AvgIpc) is 2.78. The predicted octanol–water partition coefficient (Wildman–Crippen LogP) is 1.81. The van der Waals surface area contributed by atoms with Crippen LogP contribution in [0.4, 0.5) is 0 Å². The quantitative estimate of drug-likeness (QED) is 0.894. The van der Waals surface area contributed by atoms with Crippen LogP contribution in [0.2, 0.25) is 0 Å². The zero-order valence-corrected chi connectivity index (χ0v) is 13.1. The lowest BCUT2D eigenvalue weighted by molar-refractivity contribution is -0.0665. The molecule has 19 heavy (non-hydrogen) atoms. The Morgan fingerprint density at radius 2 is 2.37 bits per heavy atom. The molecule has 2 heterocycles. The highest BCUT2D eigenvalue weighted by Crippen LogP contribution is 2.30. The van der Waals surface area contributed by atoms with Gasteiger partial charge in [0.2, 0.25) is 0 Å². The average molecular weight is 332 g/mol. The SMILES string of the molecule is CN(C)CCn1ncc(Br)c1C(O)C1CCCCO1. The molecule has 1 aromatic rings. The lowest BCUT2D eigenvalue weighted by Gasteiger charge is -2.28. The van der Waals surface area contributed by atoms with Crippen molar-refractivity contribution in [1.82, 2.24) is 14.7 Å². The number of nitrogens with zero attached hydrogens (tertiary/aromatic N) is 3. The Morgan fingerprint density at radius 1 is 1.58 bits per heavy atom. The summed E-state index contributed by atoms with van der Waals surface area (Å²) >= 11 is 3.48. The molecule has 6 heteroatoms. The minimum atomic E-state index is -0.612. The molecule has 2 unspecified atom stereocenters. The molecule has 1 N–H and O–H groups in total. The fourth-order valence-corrected chi connectivity index (χ4v) is 2.86. The molecule has 1 aliphatic rings. The van der Waals surface area contributed by atoms with Gasteiger partial charge in [-0.25, -0.2) is 0 Å². The van der Waals surface area contributed by atoms with Crippen LogP contribution < -0.4 is 0 Å². The number of likely N-dealkylation sites (N-methyl/N-ethyl adjacent to an activating group) is 1. The van der Waals surface area contributed by atoms with Crippen LogP contribution in [0.1, 0.15) is 31.1 Å². The van der Waals surface area contributed by atoms with E-state index in [2.05, 4.69) is 25.9 Å². The van der Waals surface area contributed by atoms with Gasteiger partial charge in [0.1, 0.15) is 6.10 Å². The van der Waals surface area contributed by atoms with E-state index in [4.69, 9.17) is 4.74 Å². The first-order valence-electron chi connectivity index (χ1n) is 6.75. The van der Waals surface area contributed by atoms with Gasteiger partial charge in [0.25, 0.3) is 0 Å². The molecule has 0 aliphatic carbocycles. The molecule has 108 valence electrons. The highest BCUT2D eigenvalue weighted by molar-refractivity contribution is 9.10. The maximum atomic E-state index is 10.5. The third-order valence-corrected chi connectivity index (χ3v) is 4.05. The van der Waals surface area contributed by atoms with Crippen molar-refractivity contribution in [3.05, 3.63) is 16.4 Å². The molecule has 0 saturated carbocycles. The summed E-state index contributed by atoms with van der Waals surface area (Å²) in [5.41, 5.74) is 0.828. The second-order valence-corrected chi connectivity index (χ2v) is 6.11. The number of ether oxygens (including phenoxy) is 1. The normalized spacial score (nSPS) is 21.8. The van der Waals surface area contributed by atoms with Crippen molar-refractivity contribution in [2.45, 2.75) is 38.0 Å². The molecule has 0 spiro atoms. The Labute approximate surface area is 122 Å². The van der Waals surface area contributed by atoms with Gasteiger partial charge >= 0.3 is 0 Å². The van der Waals surface area contributed by atoms with Crippen molar-refractivity contribution in [3.8, 4) is 0 Å². The molecule has 0 aromatic carbocycles. The standard InChI is InChI=1S/C13H22BrN3O2/c1-16(2)6-7-17-12(10(14)9-15-17)13(18)11-5-3-4-8-19-11/h9,11,13,18H,3-8H2,1-2H3. The Balaban J connectivity index is 2.10. The number of hydrogen-bond acceptors (Lipinski definition) is 4. The highest BCUT2D eigenvalue weighted by Gasteiger charge is 2.28. The summed E-state index contributed by atoms with van der Waals surface area (Å²) in [7, 11) is 4.05. The Bertz CT molecular complexity index is 403. The van der Waals surface area contributed by atoms with Crippen molar-refractivity contribution in [1.29, 1.82) is 0 Å². The van der Waals surface area contributed by atoms with Gasteiger partial charge in [-0.2, -0.15) is 5.10 Å². The maximum Gasteiger partial charge on any atom is 0.123 e. The lowest BCUT2D eigenvalue weighted by Crippen LogP contribution is -2.29. The van der Waals surface area contributed by atoms with E-state index < -0.39 is 6.10 Å². The van der Waals surface area contributed by atoms with Crippen molar-refractivity contribution in [3.63, 3.8) is 0 Å². The highest BCUT2D eigenvalue weighted by atomic mass is 79.9. The predicted molar refractivity (Wildman–Crippen MR) is 77.0 cm³/mol. The Morgan fingerprint density at radius 3 is 3.00 bits per heavy atom. The fourth-order valence-electron chi connectivity index (χ4n) is 2.33. The molecular formula is C13H22BrN3O2. The van der Waals surface area contributed by atoms with Gasteiger partial charge < -0.3 is 14.7 Å². The van der Waals surface area contributed by atoms with Gasteiger partial charge in [0.15, 0.2) is 0 Å². The number of aliphatic hydroxyl groups excluding tert-OH is 1. The van der Waals surface area contributed by atoms with Crippen LogP contribution in [0.3, 0.4) is 0 Å². The molecular weight excluding hydrogens is 310 g/mol. The summed E-state index contributed by atoms with van der Waals surface area (Å²) in [6.07, 6.45) is 4.14. The van der Waals surface area contributed by atoms with Crippen molar-refractivity contribution < 1.29 is 9.84 Å². The van der Waals surface area contributed by atoms with E-state index in [0.29, 0.717) is 0 Å². The van der Waals surface area contributed by atoms with E-state index in [9.17, 15) is 5.11 Å². The van der Waals surface area contributed by atoms with Gasteiger partial charge in [-0.15, -0.1) is 0 Å². The second-order valence-electron chi connectivity index (χ2n) is 5.25. The molecule has 1 saturated heterocycles. The van der Waals surface area contributed by atoms with Gasteiger partial charge in [-0.05, 0) is 49.3 Å². The number of hydrogen-bond donors (Lipinski definition) is 1. The summed E-state index contributed by atoms with van der Waals surface area (Å²) in [6.45, 7) is 2.39. The molecule has 0 radical (unpaired) electrons. The first-order chi connectivity index (χ1) is 9.09. The molecule has 1 fully saturated rings. The number of aliphatic hydroxyl groups is 1. The van der Waals surface area contributed by atoms with Gasteiger partial charge in [0, 0.05) is 13.2 Å². The first-order valence-corrected chi connectivity index (χ1v) is 7.54. The topological polar surface area (TPSA) is 50.5 Å². The molecule has 1 aliphatic heterocycles. The fraction of sp³-hybridized carbons (Fsp3) is 0.769. The summed E-state index contributed by atoms with van der Waals surface area (Å²) < 4.78 is 8.40. The number of halogens is 1. The zero-order valence-electron chi connectivity index (χ0n) is 11.5. The minimum absolute atomic E-state index is 0.111. The van der Waals surface area contributed by atoms with Crippen LogP contribution in [-0.2, 0) is 11.3 Å². The number of aromatic nitrogens is 2. The zero-order chi connectivity index (χ0) is 13.8. The largest absolute Gasteiger partial charge is 0.384 e. The van der Waals surface area contributed by atoms with E-state index in [1.807, 2.05) is 18.8 Å². The molecule has 2 atom stereocenters. The molecule has 0 bridgehead atoms. The van der Waals surface area contributed by atoms with E-state index in [0.717, 1.165) is 49.1 Å². The van der Waals surface area contributed by atoms with Crippen LogP contribution in [0, 0.1) is 0 Å². The van der Waals surface area contributed by atoms with Crippen LogP contribution >= 0.6 is 15.9 Å². The number of rotatable bonds is 5. The van der Waals surface area contributed by atoms with Crippen molar-refractivity contribution in [2.75, 3.05) is 27.2 Å². The molecule has 1 aromatic heterocycles. The van der Waals surface area contributed by atoms with Crippen molar-refractivity contribution >= 4 is 15.9 Å². The third-order valence-electron chi connectivity index (χ3n) is 3.44. The summed E-state index contributed by atoms with van der Waals surface area (Å²) in [4.78, 5) is 2.10. The van der Waals surface area contributed by atoms with E-state index >= 15 is 0 Å². The first kappa shape index (κ1) is 15.0. The van der Waals surface area contributed by atoms with Crippen LogP contribution in [-0.4, -0.2) is 53.1 Å². The van der Waals surface area contributed by atoms with Crippen LogP contribution in [0.5, 0.6) is 0 Å². The van der Waals surface area contributed by atoms with E-state index in [-0.39, 0.29) is 6.10 Å². The van der Waals surface area contributed by atoms with E-state index in [1.54, 1.807) is 6.20 Å². The van der Waals surface area contributed by atoms with Gasteiger partial charge in [0.05, 0.1) is 29.0 Å². The summed E-state index contributed by atoms with van der Waals surface area (Å²) in [5.74, 6) is 0. The van der Waals surface area contributed by atoms with Gasteiger partial charge in [-0.3, -0.25) is 4.68 Å². The second kappa shape index (κ2) is 6.83. The third kappa shape index (κ3) is 3.78. The van der Waals surface area contributed by atoms with Crippen molar-refractivity contribution in [2.24, 2.45) is 0 Å². The summed E-state index contributed by atoms with van der Waals surface area (Å²) in [6, 6.07) is 0. The minimum Gasteiger partial charge on any atom is -0.384 e. The molecule has 0 amide bonds. The lowest BCUT2D eigenvalue weighted by atomic mass is 10.0. The van der Waals surface area contributed by atoms with E-state index in [1.165, 1.54) is 0 Å². The monoisotopic (exact) mass is 331 g/mol.